The quantitative estimate of drug-likeness (QED) is 0.795. The summed E-state index contributed by atoms with van der Waals surface area (Å²) in [5, 5.41) is 9.07. The Hall–Kier alpha value is -2.82. The lowest BCUT2D eigenvalue weighted by Gasteiger charge is -2.12. The van der Waals surface area contributed by atoms with Gasteiger partial charge >= 0.3 is 0 Å². The van der Waals surface area contributed by atoms with Gasteiger partial charge in [0.05, 0.1) is 11.4 Å². The Morgan fingerprint density at radius 3 is 2.62 bits per heavy atom. The van der Waals surface area contributed by atoms with Gasteiger partial charge in [-0.1, -0.05) is 24.3 Å². The maximum absolute atomic E-state index is 12.4. The Bertz CT molecular complexity index is 822. The Kier molecular flexibility index (Phi) is 4.61. The number of nitrogens with one attached hydrogen (secondary N) is 3. The summed E-state index contributed by atoms with van der Waals surface area (Å²) in [5.41, 5.74) is 5.04. The number of carbonyl (C=O) groups is 2. The second kappa shape index (κ2) is 7.20. The van der Waals surface area contributed by atoms with Crippen molar-refractivity contribution in [3.63, 3.8) is 0 Å². The lowest BCUT2D eigenvalue weighted by molar-refractivity contribution is -0.115. The largest absolute Gasteiger partial charge is 0.383 e. The van der Waals surface area contributed by atoms with Crippen LogP contribution in [-0.2, 0) is 17.6 Å². The van der Waals surface area contributed by atoms with Gasteiger partial charge in [0.2, 0.25) is 5.91 Å². The molecule has 2 aliphatic rings. The summed E-state index contributed by atoms with van der Waals surface area (Å²) in [6.07, 6.45) is 3.63. The Balaban J connectivity index is 1.32. The molecular weight excluding hydrogens is 326 g/mol. The standard InChI is InChI=1S/C21H23N3O2/c25-20-8-10-22-19-13-17(5-6-18(19)24-20)21(26)23-9-7-14-11-15-3-1-2-4-16(15)12-14/h1-6,13-14,22H,7-12H2,(H,23,26)(H,24,25). The van der Waals surface area contributed by atoms with Gasteiger partial charge in [-0.2, -0.15) is 0 Å². The van der Waals surface area contributed by atoms with E-state index in [0.717, 1.165) is 30.6 Å². The molecule has 0 aromatic heterocycles. The predicted octanol–water partition coefficient (Wildman–Crippen LogP) is 2.98. The highest BCUT2D eigenvalue weighted by molar-refractivity contribution is 6.00. The molecule has 2 aromatic carbocycles. The second-order valence-electron chi connectivity index (χ2n) is 7.07. The zero-order valence-electron chi connectivity index (χ0n) is 14.7. The van der Waals surface area contributed by atoms with E-state index in [4.69, 9.17) is 0 Å². The summed E-state index contributed by atoms with van der Waals surface area (Å²) >= 11 is 0. The Morgan fingerprint density at radius 2 is 1.85 bits per heavy atom. The number of hydrogen-bond donors (Lipinski definition) is 3. The second-order valence-corrected chi connectivity index (χ2v) is 7.07. The molecule has 0 saturated heterocycles. The average molecular weight is 349 g/mol. The van der Waals surface area contributed by atoms with E-state index in [1.54, 1.807) is 12.1 Å². The molecule has 1 aliphatic heterocycles. The minimum Gasteiger partial charge on any atom is -0.383 e. The van der Waals surface area contributed by atoms with Crippen LogP contribution in [0.15, 0.2) is 42.5 Å². The molecule has 0 radical (unpaired) electrons. The van der Waals surface area contributed by atoms with Crippen molar-refractivity contribution in [2.45, 2.75) is 25.7 Å². The first-order valence-corrected chi connectivity index (χ1v) is 9.22. The van der Waals surface area contributed by atoms with Crippen LogP contribution in [-0.4, -0.2) is 24.9 Å². The van der Waals surface area contributed by atoms with Crippen LogP contribution in [0.4, 0.5) is 11.4 Å². The van der Waals surface area contributed by atoms with Crippen LogP contribution in [0.25, 0.3) is 0 Å². The molecule has 2 amide bonds. The fourth-order valence-corrected chi connectivity index (χ4v) is 3.81. The number of benzene rings is 2. The van der Waals surface area contributed by atoms with Gasteiger partial charge in [-0.3, -0.25) is 9.59 Å². The highest BCUT2D eigenvalue weighted by Gasteiger charge is 2.21. The summed E-state index contributed by atoms with van der Waals surface area (Å²) < 4.78 is 0. The van der Waals surface area contributed by atoms with E-state index in [1.807, 2.05) is 6.07 Å². The number of hydrogen-bond acceptors (Lipinski definition) is 3. The van der Waals surface area contributed by atoms with Crippen LogP contribution in [0.5, 0.6) is 0 Å². The third-order valence-corrected chi connectivity index (χ3v) is 5.20. The minimum atomic E-state index is -0.0688. The lowest BCUT2D eigenvalue weighted by Crippen LogP contribution is -2.26. The maximum atomic E-state index is 12.4. The van der Waals surface area contributed by atoms with Crippen LogP contribution < -0.4 is 16.0 Å². The molecule has 0 atom stereocenters. The van der Waals surface area contributed by atoms with Crippen LogP contribution in [0.2, 0.25) is 0 Å². The number of anilines is 2. The molecule has 26 heavy (non-hydrogen) atoms. The van der Waals surface area contributed by atoms with Gasteiger partial charge in [0.15, 0.2) is 0 Å². The molecule has 0 spiro atoms. The summed E-state index contributed by atoms with van der Waals surface area (Å²) in [7, 11) is 0. The topological polar surface area (TPSA) is 70.2 Å². The molecule has 0 unspecified atom stereocenters. The highest BCUT2D eigenvalue weighted by atomic mass is 16.2. The van der Waals surface area contributed by atoms with Gasteiger partial charge in [-0.05, 0) is 54.5 Å². The van der Waals surface area contributed by atoms with Crippen molar-refractivity contribution in [3.8, 4) is 0 Å². The van der Waals surface area contributed by atoms with Crippen LogP contribution in [0.3, 0.4) is 0 Å². The van der Waals surface area contributed by atoms with E-state index in [0.29, 0.717) is 31.0 Å². The molecule has 4 rings (SSSR count). The van der Waals surface area contributed by atoms with Crippen LogP contribution >= 0.6 is 0 Å². The first-order chi connectivity index (χ1) is 12.7. The van der Waals surface area contributed by atoms with E-state index >= 15 is 0 Å². The molecule has 0 fully saturated rings. The van der Waals surface area contributed by atoms with Crippen molar-refractivity contribution in [1.82, 2.24) is 5.32 Å². The fourth-order valence-electron chi connectivity index (χ4n) is 3.81. The first kappa shape index (κ1) is 16.6. The summed E-state index contributed by atoms with van der Waals surface area (Å²) in [6, 6.07) is 13.9. The summed E-state index contributed by atoms with van der Waals surface area (Å²) in [4.78, 5) is 24.0. The zero-order valence-corrected chi connectivity index (χ0v) is 14.7. The van der Waals surface area contributed by atoms with Crippen molar-refractivity contribution in [2.75, 3.05) is 23.7 Å². The fraction of sp³-hybridized carbons (Fsp3) is 0.333. The predicted molar refractivity (Wildman–Crippen MR) is 102 cm³/mol. The minimum absolute atomic E-state index is 0.00832. The molecule has 2 aromatic rings. The third-order valence-electron chi connectivity index (χ3n) is 5.20. The molecule has 5 nitrogen and oxygen atoms in total. The molecule has 3 N–H and O–H groups in total. The first-order valence-electron chi connectivity index (χ1n) is 9.22. The average Bonchev–Trinajstić information content (AvgIpc) is 2.95. The van der Waals surface area contributed by atoms with Crippen molar-refractivity contribution in [2.24, 2.45) is 5.92 Å². The molecule has 1 aliphatic carbocycles. The number of fused-ring (bicyclic) bond motifs is 2. The molecule has 0 bridgehead atoms. The van der Waals surface area contributed by atoms with Crippen molar-refractivity contribution in [3.05, 3.63) is 59.2 Å². The maximum Gasteiger partial charge on any atom is 0.251 e. The van der Waals surface area contributed by atoms with E-state index in [2.05, 4.69) is 40.2 Å². The highest BCUT2D eigenvalue weighted by Crippen LogP contribution is 2.28. The van der Waals surface area contributed by atoms with Gasteiger partial charge in [0.25, 0.3) is 5.91 Å². The van der Waals surface area contributed by atoms with Gasteiger partial charge in [0, 0.05) is 25.1 Å². The van der Waals surface area contributed by atoms with Crippen LogP contribution in [0, 0.1) is 5.92 Å². The van der Waals surface area contributed by atoms with Gasteiger partial charge in [0.1, 0.15) is 0 Å². The number of amides is 2. The normalized spacial score (nSPS) is 16.1. The number of rotatable bonds is 4. The van der Waals surface area contributed by atoms with Gasteiger partial charge in [-0.25, -0.2) is 0 Å². The summed E-state index contributed by atoms with van der Waals surface area (Å²) in [5.74, 6) is 0.531. The monoisotopic (exact) mass is 349 g/mol. The van der Waals surface area contributed by atoms with E-state index in [9.17, 15) is 9.59 Å². The van der Waals surface area contributed by atoms with Crippen molar-refractivity contribution >= 4 is 23.2 Å². The molecular formula is C21H23N3O2. The third kappa shape index (κ3) is 3.57. The van der Waals surface area contributed by atoms with Crippen LogP contribution in [0.1, 0.15) is 34.3 Å². The molecule has 1 heterocycles. The van der Waals surface area contributed by atoms with Crippen molar-refractivity contribution < 1.29 is 9.59 Å². The number of carbonyl (C=O) groups excluding carboxylic acids is 2. The van der Waals surface area contributed by atoms with E-state index in [-0.39, 0.29) is 11.8 Å². The SMILES string of the molecule is O=C1CCNc2cc(C(=O)NCCC3Cc4ccccc4C3)ccc2N1. The molecule has 0 saturated carbocycles. The Labute approximate surface area is 153 Å². The molecule has 5 heteroatoms. The Morgan fingerprint density at radius 1 is 1.08 bits per heavy atom. The van der Waals surface area contributed by atoms with Gasteiger partial charge in [-0.15, -0.1) is 0 Å². The lowest BCUT2D eigenvalue weighted by atomic mass is 10.0. The molecule has 134 valence electrons. The zero-order chi connectivity index (χ0) is 17.9. The van der Waals surface area contributed by atoms with Crippen molar-refractivity contribution in [1.29, 1.82) is 0 Å². The van der Waals surface area contributed by atoms with E-state index < -0.39 is 0 Å². The summed E-state index contributed by atoms with van der Waals surface area (Å²) in [6.45, 7) is 1.25. The van der Waals surface area contributed by atoms with Gasteiger partial charge < -0.3 is 16.0 Å². The van der Waals surface area contributed by atoms with E-state index in [1.165, 1.54) is 11.1 Å². The smallest absolute Gasteiger partial charge is 0.251 e.